The lowest BCUT2D eigenvalue weighted by Gasteiger charge is -2.30. The molecule has 0 aliphatic rings. The third-order valence-corrected chi connectivity index (χ3v) is 3.50. The quantitative estimate of drug-likeness (QED) is 0.607. The van der Waals surface area contributed by atoms with Crippen molar-refractivity contribution in [1.82, 2.24) is 5.32 Å². The number of hydrogen-bond donors (Lipinski definition) is 2. The Kier molecular flexibility index (Phi) is 8.85. The number of hydrogen-bond acceptors (Lipinski definition) is 2. The van der Waals surface area contributed by atoms with Crippen LogP contribution in [0.25, 0.3) is 0 Å². The minimum Gasteiger partial charge on any atom is -0.356 e. The molecule has 0 spiro atoms. The van der Waals surface area contributed by atoms with E-state index in [2.05, 4.69) is 5.32 Å². The molecule has 0 aromatic rings. The molecule has 20 heavy (non-hydrogen) atoms. The smallest absolute Gasteiger partial charge is 0.356 e. The summed E-state index contributed by atoms with van der Waals surface area (Å²) in [5, 5.41) is 2.74. The van der Waals surface area contributed by atoms with Crippen molar-refractivity contribution in [1.29, 1.82) is 0 Å². The number of carbonyl (C=O) groups excluding carboxylic acids is 1. The lowest BCUT2D eigenvalue weighted by molar-refractivity contribution is -0.135. The van der Waals surface area contributed by atoms with Crippen molar-refractivity contribution in [3.05, 3.63) is 0 Å². The fourth-order valence-electron chi connectivity index (χ4n) is 2.45. The molecule has 0 fully saturated rings. The van der Waals surface area contributed by atoms with E-state index in [1.807, 2.05) is 13.8 Å². The van der Waals surface area contributed by atoms with Gasteiger partial charge in [0.25, 0.3) is 0 Å². The zero-order valence-corrected chi connectivity index (χ0v) is 12.5. The number of rotatable bonds is 10. The fraction of sp³-hybridized carbons (Fsp3) is 0.929. The summed E-state index contributed by atoms with van der Waals surface area (Å²) >= 11 is 0. The second-order valence-corrected chi connectivity index (χ2v) is 5.31. The lowest BCUT2D eigenvalue weighted by atomic mass is 9.78. The number of halogens is 3. The molecule has 0 bridgehead atoms. The van der Waals surface area contributed by atoms with Crippen molar-refractivity contribution >= 4 is 5.91 Å². The third kappa shape index (κ3) is 7.12. The van der Waals surface area contributed by atoms with Gasteiger partial charge in [-0.2, -0.15) is 13.2 Å². The van der Waals surface area contributed by atoms with Gasteiger partial charge in [-0.05, 0) is 25.7 Å². The van der Waals surface area contributed by atoms with Crippen molar-refractivity contribution in [2.45, 2.75) is 65.0 Å². The lowest BCUT2D eigenvalue weighted by Crippen LogP contribution is -2.46. The van der Waals surface area contributed by atoms with E-state index in [1.54, 1.807) is 0 Å². The topological polar surface area (TPSA) is 55.1 Å². The maximum Gasteiger partial charge on any atom is 0.389 e. The fourth-order valence-corrected chi connectivity index (χ4v) is 2.45. The molecule has 3 N–H and O–H groups in total. The van der Waals surface area contributed by atoms with E-state index < -0.39 is 18.0 Å². The van der Waals surface area contributed by atoms with Crippen LogP contribution in [0.2, 0.25) is 0 Å². The van der Waals surface area contributed by atoms with Crippen molar-refractivity contribution in [3.63, 3.8) is 0 Å². The van der Waals surface area contributed by atoms with Crippen LogP contribution in [-0.4, -0.2) is 25.2 Å². The largest absolute Gasteiger partial charge is 0.389 e. The molecule has 0 unspecified atom stereocenters. The normalized spacial score (nSPS) is 12.5. The van der Waals surface area contributed by atoms with Crippen LogP contribution >= 0.6 is 0 Å². The highest BCUT2D eigenvalue weighted by Crippen LogP contribution is 2.29. The van der Waals surface area contributed by atoms with E-state index in [0.29, 0.717) is 19.3 Å². The van der Waals surface area contributed by atoms with Crippen molar-refractivity contribution in [2.24, 2.45) is 11.1 Å². The molecule has 0 aromatic heterocycles. The predicted molar refractivity (Wildman–Crippen MR) is 74.2 cm³/mol. The van der Waals surface area contributed by atoms with Gasteiger partial charge in [0.15, 0.2) is 0 Å². The Hall–Kier alpha value is -0.780. The van der Waals surface area contributed by atoms with Gasteiger partial charge in [-0.15, -0.1) is 0 Å². The Morgan fingerprint density at radius 2 is 1.60 bits per heavy atom. The van der Waals surface area contributed by atoms with Crippen LogP contribution in [0.5, 0.6) is 0 Å². The zero-order valence-electron chi connectivity index (χ0n) is 12.5. The van der Waals surface area contributed by atoms with E-state index in [0.717, 1.165) is 12.8 Å². The molecule has 0 saturated heterocycles. The van der Waals surface area contributed by atoms with Crippen LogP contribution in [0, 0.1) is 5.41 Å². The molecule has 0 aliphatic heterocycles. The minimum atomic E-state index is -4.12. The van der Waals surface area contributed by atoms with Gasteiger partial charge in [0.05, 0.1) is 5.41 Å². The first-order valence-electron chi connectivity index (χ1n) is 7.36. The molecular weight excluding hydrogens is 269 g/mol. The molecule has 0 saturated carbocycles. The predicted octanol–water partition coefficient (Wildman–Crippen LogP) is 3.38. The Morgan fingerprint density at radius 1 is 1.05 bits per heavy atom. The summed E-state index contributed by atoms with van der Waals surface area (Å²) in [6, 6.07) is 0. The summed E-state index contributed by atoms with van der Waals surface area (Å²) in [7, 11) is 0. The van der Waals surface area contributed by atoms with Crippen LogP contribution in [0.4, 0.5) is 13.2 Å². The van der Waals surface area contributed by atoms with Gasteiger partial charge in [0.1, 0.15) is 0 Å². The van der Waals surface area contributed by atoms with Gasteiger partial charge < -0.3 is 11.1 Å². The van der Waals surface area contributed by atoms with Gasteiger partial charge in [-0.25, -0.2) is 0 Å². The van der Waals surface area contributed by atoms with Crippen LogP contribution < -0.4 is 11.1 Å². The first kappa shape index (κ1) is 19.2. The van der Waals surface area contributed by atoms with Crippen LogP contribution in [0.15, 0.2) is 0 Å². The highest BCUT2D eigenvalue weighted by Gasteiger charge is 2.34. The molecule has 0 aromatic carbocycles. The number of nitrogens with two attached hydrogens (primary N) is 1. The SMILES string of the molecule is CCCC(CN)(CCC)C(=O)NCCCCC(F)(F)F. The standard InChI is InChI=1S/C14H27F3N2O/c1-3-7-13(11-18,8-4-2)12(20)19-10-6-5-9-14(15,16)17/h3-11,18H2,1-2H3,(H,19,20). The molecule has 0 heterocycles. The van der Waals surface area contributed by atoms with Gasteiger partial charge in [0, 0.05) is 19.5 Å². The molecule has 0 rings (SSSR count). The first-order chi connectivity index (χ1) is 9.31. The average molecular weight is 296 g/mol. The van der Waals surface area contributed by atoms with Crippen molar-refractivity contribution < 1.29 is 18.0 Å². The summed E-state index contributed by atoms with van der Waals surface area (Å²) < 4.78 is 35.9. The van der Waals surface area contributed by atoms with Gasteiger partial charge in [-0.3, -0.25) is 4.79 Å². The second kappa shape index (κ2) is 9.21. The van der Waals surface area contributed by atoms with Crippen molar-refractivity contribution in [3.8, 4) is 0 Å². The van der Waals surface area contributed by atoms with E-state index in [1.165, 1.54) is 0 Å². The maximum atomic E-state index is 12.2. The van der Waals surface area contributed by atoms with Crippen LogP contribution in [0.3, 0.4) is 0 Å². The maximum absolute atomic E-state index is 12.2. The van der Waals surface area contributed by atoms with Gasteiger partial charge in [-0.1, -0.05) is 26.7 Å². The molecule has 0 aliphatic carbocycles. The highest BCUT2D eigenvalue weighted by atomic mass is 19.4. The van der Waals surface area contributed by atoms with Gasteiger partial charge >= 0.3 is 6.18 Å². The van der Waals surface area contributed by atoms with E-state index in [9.17, 15) is 18.0 Å². The monoisotopic (exact) mass is 296 g/mol. The zero-order chi connectivity index (χ0) is 15.6. The third-order valence-electron chi connectivity index (χ3n) is 3.50. The Morgan fingerprint density at radius 3 is 2.00 bits per heavy atom. The Labute approximate surface area is 119 Å². The second-order valence-electron chi connectivity index (χ2n) is 5.31. The minimum absolute atomic E-state index is 0.0426. The summed E-state index contributed by atoms with van der Waals surface area (Å²) in [5.74, 6) is -0.115. The summed E-state index contributed by atoms with van der Waals surface area (Å²) in [6.07, 6.45) is -1.38. The van der Waals surface area contributed by atoms with E-state index >= 15 is 0 Å². The average Bonchev–Trinajstić information content (AvgIpc) is 2.36. The van der Waals surface area contributed by atoms with Crippen LogP contribution in [-0.2, 0) is 4.79 Å². The molecule has 6 heteroatoms. The van der Waals surface area contributed by atoms with Crippen LogP contribution in [0.1, 0.15) is 58.8 Å². The number of alkyl halides is 3. The molecular formula is C14H27F3N2O. The molecule has 0 radical (unpaired) electrons. The molecule has 0 atom stereocenters. The van der Waals surface area contributed by atoms with E-state index in [4.69, 9.17) is 5.73 Å². The number of nitrogens with one attached hydrogen (secondary N) is 1. The number of unbranched alkanes of at least 4 members (excludes halogenated alkanes) is 1. The van der Waals surface area contributed by atoms with Gasteiger partial charge in [0.2, 0.25) is 5.91 Å². The first-order valence-corrected chi connectivity index (χ1v) is 7.36. The summed E-state index contributed by atoms with van der Waals surface area (Å²) in [5.41, 5.74) is 5.20. The summed E-state index contributed by atoms with van der Waals surface area (Å²) in [4.78, 5) is 12.2. The van der Waals surface area contributed by atoms with E-state index in [-0.39, 0.29) is 25.4 Å². The Balaban J connectivity index is 4.20. The van der Waals surface area contributed by atoms with Crippen molar-refractivity contribution in [2.75, 3.05) is 13.1 Å². The highest BCUT2D eigenvalue weighted by molar-refractivity contribution is 5.82. The molecule has 120 valence electrons. The molecule has 3 nitrogen and oxygen atoms in total. The number of amides is 1. The summed E-state index contributed by atoms with van der Waals surface area (Å²) in [6.45, 7) is 4.56. The Bertz CT molecular complexity index is 274. The number of carbonyl (C=O) groups is 1. The molecule has 1 amide bonds.